The molecule has 76 heavy (non-hydrogen) atoms. The van der Waals surface area contributed by atoms with E-state index in [1.165, 1.54) is 81.3 Å². The monoisotopic (exact) mass is 993 g/mol. The van der Waals surface area contributed by atoms with Gasteiger partial charge in [-0.2, -0.15) is 0 Å². The minimum absolute atomic E-state index is 0.356. The molecule has 0 unspecified atom stereocenters. The van der Waals surface area contributed by atoms with Crippen LogP contribution in [0.2, 0.25) is 0 Å². The maximum atomic E-state index is 5.37. The van der Waals surface area contributed by atoms with Gasteiger partial charge in [0.25, 0.3) is 0 Å². The Morgan fingerprint density at radius 2 is 0.513 bits per heavy atom. The molecule has 6 nitrogen and oxygen atoms in total. The van der Waals surface area contributed by atoms with Crippen LogP contribution in [0.15, 0.2) is 122 Å². The predicted octanol–water partition coefficient (Wildman–Crippen LogP) is 16.5. The van der Waals surface area contributed by atoms with E-state index >= 15 is 0 Å². The molecule has 0 amide bonds. The lowest BCUT2D eigenvalue weighted by molar-refractivity contribution is 0.0183. The van der Waals surface area contributed by atoms with Crippen LogP contribution < -0.4 is 0 Å². The summed E-state index contributed by atoms with van der Waals surface area (Å²) in [6.45, 7) is 19.5. The van der Waals surface area contributed by atoms with Gasteiger partial charge in [0.1, 0.15) is 0 Å². The fourth-order valence-corrected chi connectivity index (χ4v) is 16.8. The number of rotatable bonds is 7. The molecule has 6 heteroatoms. The molecule has 8 atom stereocenters. The first-order chi connectivity index (χ1) is 36.5. The van der Waals surface area contributed by atoms with Gasteiger partial charge in [-0.15, -0.1) is 0 Å². The second-order valence-corrected chi connectivity index (χ2v) is 27.5. The molecule has 378 valence electrons. The Labute approximate surface area is 448 Å². The second kappa shape index (κ2) is 15.5. The number of aromatic nitrogens is 6. The van der Waals surface area contributed by atoms with E-state index in [-0.39, 0.29) is 0 Å². The highest BCUT2D eigenvalue weighted by atomic mass is 14.8. The van der Waals surface area contributed by atoms with Crippen LogP contribution in [0.4, 0.5) is 0 Å². The highest BCUT2D eigenvalue weighted by Gasteiger charge is 2.55. The Bertz CT molecular complexity index is 3340. The van der Waals surface area contributed by atoms with E-state index in [4.69, 9.17) is 29.9 Å². The average Bonchev–Trinajstić information content (AvgIpc) is 3.65. The standard InChI is InChI=1S/C70H68N6/c1-67(2)47-17-43-25-59(71-33-51(43)55(67)29-47)63-21-41(22-64(75-63)60-26-44-18-48-30-56(68(48,3)4)52(44)34-72-60)39-13-9-37(10-14-39)38-11-15-40(16-12-38)42-23-65(61-27-45-19-49-31-57(69(49,5)6)53(45)35-73-61)76-66(24-42)62-28-46-20-50-32-58(70(50,7)8)54(46)36-74-62/h9-16,21-28,33-36,47-50,55-58H,17-20,29-32H2,1-8H3/t47-,48-,49-,50-,55-,56-,57-,58-/m1/s1. The van der Waals surface area contributed by atoms with E-state index in [1.807, 2.05) is 0 Å². The molecule has 0 radical (unpaired) electrons. The van der Waals surface area contributed by atoms with Gasteiger partial charge in [-0.25, -0.2) is 9.97 Å². The molecule has 0 aliphatic heterocycles. The van der Waals surface area contributed by atoms with Crippen molar-refractivity contribution >= 4 is 0 Å². The summed E-state index contributed by atoms with van der Waals surface area (Å²) < 4.78 is 0. The minimum atomic E-state index is 0.356. The van der Waals surface area contributed by atoms with Gasteiger partial charge >= 0.3 is 0 Å². The molecule has 0 N–H and O–H groups in total. The Kier molecular flexibility index (Phi) is 9.29. The second-order valence-electron chi connectivity index (χ2n) is 27.5. The molecule has 12 aliphatic rings. The zero-order valence-electron chi connectivity index (χ0n) is 45.5. The molecule has 0 spiro atoms. The molecule has 6 heterocycles. The highest BCUT2D eigenvalue weighted by Crippen LogP contribution is 2.65. The topological polar surface area (TPSA) is 77.3 Å². The summed E-state index contributed by atoms with van der Waals surface area (Å²) in [5.41, 5.74) is 27.3. The molecule has 8 aromatic rings. The fourth-order valence-electron chi connectivity index (χ4n) is 16.8. The molecular formula is C70H68N6. The molecule has 6 aromatic heterocycles. The SMILES string of the molecule is CC1(C)[C@@H]2Cc3cc(-c4cc(-c5ccc(-c6ccc(-c7cc(-c8cc9c(cn8)[C@H]8C[C@@H](C9)C8(C)C)nc(-c8cc9c(cn8)[C@H]8C[C@@H](C9)C8(C)C)c7)cc6)cc5)cc(-c5cc6c(cn5)[C@H]5C[C@@H](C6)C5(C)C)n4)ncc3[C@H]1C2. The lowest BCUT2D eigenvalue weighted by Gasteiger charge is -2.57. The zero-order chi connectivity index (χ0) is 51.4. The molecule has 0 saturated heterocycles. The predicted molar refractivity (Wildman–Crippen MR) is 305 cm³/mol. The van der Waals surface area contributed by atoms with Crippen LogP contribution in [-0.4, -0.2) is 29.9 Å². The van der Waals surface area contributed by atoms with E-state index in [9.17, 15) is 0 Å². The van der Waals surface area contributed by atoms with Gasteiger partial charge in [0, 0.05) is 24.8 Å². The van der Waals surface area contributed by atoms with Gasteiger partial charge in [0.05, 0.1) is 45.6 Å². The quantitative estimate of drug-likeness (QED) is 0.158. The molecule has 20 rings (SSSR count). The molecule has 4 fully saturated rings. The van der Waals surface area contributed by atoms with Crippen molar-refractivity contribution in [3.05, 3.63) is 166 Å². The maximum Gasteiger partial charge on any atom is 0.0900 e. The summed E-state index contributed by atoms with van der Waals surface area (Å²) in [6, 6.07) is 36.5. The fraction of sp³-hybridized carbons (Fsp3) is 0.400. The molecule has 8 bridgehead atoms. The third-order valence-corrected chi connectivity index (χ3v) is 22.8. The van der Waals surface area contributed by atoms with Crippen molar-refractivity contribution in [1.29, 1.82) is 0 Å². The van der Waals surface area contributed by atoms with Crippen LogP contribution in [0.25, 0.3) is 78.9 Å². The first-order valence-electron chi connectivity index (χ1n) is 28.8. The summed E-state index contributed by atoms with van der Waals surface area (Å²) in [4.78, 5) is 31.4. The largest absolute Gasteiger partial charge is 0.254 e. The van der Waals surface area contributed by atoms with E-state index in [2.05, 4.69) is 177 Å². The minimum Gasteiger partial charge on any atom is -0.254 e. The normalized spacial score (nSPS) is 27.2. The highest BCUT2D eigenvalue weighted by molar-refractivity contribution is 5.80. The van der Waals surface area contributed by atoms with E-state index in [0.29, 0.717) is 45.3 Å². The van der Waals surface area contributed by atoms with Crippen LogP contribution >= 0.6 is 0 Å². The van der Waals surface area contributed by atoms with Gasteiger partial charge in [0.2, 0.25) is 0 Å². The summed E-state index contributed by atoms with van der Waals surface area (Å²) in [6.07, 6.45) is 18.3. The third-order valence-electron chi connectivity index (χ3n) is 22.8. The van der Waals surface area contributed by atoms with Crippen LogP contribution in [-0.2, 0) is 25.7 Å². The van der Waals surface area contributed by atoms with Gasteiger partial charge in [-0.1, -0.05) is 104 Å². The number of benzene rings is 2. The molecular weight excluding hydrogens is 925 g/mol. The molecule has 12 aliphatic carbocycles. The Hall–Kier alpha value is -6.66. The summed E-state index contributed by atoms with van der Waals surface area (Å²) >= 11 is 0. The van der Waals surface area contributed by atoms with Crippen LogP contribution in [0.5, 0.6) is 0 Å². The third kappa shape index (κ3) is 6.51. The Morgan fingerprint density at radius 1 is 0.289 bits per heavy atom. The Balaban J connectivity index is 0.730. The van der Waals surface area contributed by atoms with Crippen molar-refractivity contribution in [2.45, 2.75) is 130 Å². The number of hydrogen-bond donors (Lipinski definition) is 0. The maximum absolute atomic E-state index is 5.37. The van der Waals surface area contributed by atoms with Gasteiger partial charge in [-0.3, -0.25) is 19.9 Å². The van der Waals surface area contributed by atoms with Crippen molar-refractivity contribution in [2.24, 2.45) is 45.3 Å². The van der Waals surface area contributed by atoms with Gasteiger partial charge in [0.15, 0.2) is 0 Å². The van der Waals surface area contributed by atoms with Crippen LogP contribution in [0, 0.1) is 45.3 Å². The van der Waals surface area contributed by atoms with E-state index < -0.39 is 0 Å². The van der Waals surface area contributed by atoms with Crippen molar-refractivity contribution in [3.63, 3.8) is 0 Å². The van der Waals surface area contributed by atoms with Gasteiger partial charge in [-0.05, 0) is 247 Å². The number of nitrogens with zero attached hydrogens (tertiary/aromatic N) is 6. The summed E-state index contributed by atoms with van der Waals surface area (Å²) in [5.74, 6) is 5.34. The van der Waals surface area contributed by atoms with Crippen molar-refractivity contribution in [3.8, 4) is 78.9 Å². The van der Waals surface area contributed by atoms with E-state index in [0.717, 1.165) is 117 Å². The van der Waals surface area contributed by atoms with Crippen molar-refractivity contribution < 1.29 is 0 Å². The first kappa shape index (κ1) is 45.5. The van der Waals surface area contributed by atoms with Crippen LogP contribution in [0.3, 0.4) is 0 Å². The van der Waals surface area contributed by atoms with Crippen molar-refractivity contribution in [2.75, 3.05) is 0 Å². The smallest absolute Gasteiger partial charge is 0.0900 e. The average molecular weight is 993 g/mol. The number of hydrogen-bond acceptors (Lipinski definition) is 6. The van der Waals surface area contributed by atoms with Gasteiger partial charge < -0.3 is 0 Å². The molecule has 4 saturated carbocycles. The molecule has 2 aromatic carbocycles. The lowest BCUT2D eigenvalue weighted by atomic mass is 9.47. The zero-order valence-corrected chi connectivity index (χ0v) is 45.5. The lowest BCUT2D eigenvalue weighted by Crippen LogP contribution is -2.48. The van der Waals surface area contributed by atoms with Crippen LogP contribution in [0.1, 0.15) is 149 Å². The van der Waals surface area contributed by atoms with Crippen molar-refractivity contribution in [1.82, 2.24) is 29.9 Å². The first-order valence-corrected chi connectivity index (χ1v) is 28.8. The number of pyridine rings is 6. The Morgan fingerprint density at radius 3 is 0.737 bits per heavy atom. The summed E-state index contributed by atoms with van der Waals surface area (Å²) in [5, 5.41) is 0. The summed E-state index contributed by atoms with van der Waals surface area (Å²) in [7, 11) is 0. The van der Waals surface area contributed by atoms with E-state index in [1.54, 1.807) is 0 Å².